The Morgan fingerprint density at radius 1 is 1.16 bits per heavy atom. The Bertz CT molecular complexity index is 566. The van der Waals surface area contributed by atoms with E-state index in [4.69, 9.17) is 9.47 Å². The lowest BCUT2D eigenvalue weighted by Gasteiger charge is -2.35. The molecule has 0 aromatic heterocycles. The van der Waals surface area contributed by atoms with Gasteiger partial charge in [-0.05, 0) is 70.3 Å². The summed E-state index contributed by atoms with van der Waals surface area (Å²) in [6.07, 6.45) is 4.75. The molecule has 0 bridgehead atoms. The van der Waals surface area contributed by atoms with Gasteiger partial charge in [-0.15, -0.1) is 0 Å². The van der Waals surface area contributed by atoms with Crippen molar-refractivity contribution in [3.05, 3.63) is 23.8 Å². The Morgan fingerprint density at radius 2 is 1.84 bits per heavy atom. The normalized spacial score (nSPS) is 15.2. The molecule has 0 spiro atoms. The van der Waals surface area contributed by atoms with Crippen molar-refractivity contribution in [2.75, 3.05) is 33.9 Å². The maximum Gasteiger partial charge on any atom is 0.220 e. The first-order valence-corrected chi connectivity index (χ1v) is 9.19. The van der Waals surface area contributed by atoms with E-state index in [1.54, 1.807) is 14.2 Å². The van der Waals surface area contributed by atoms with Crippen LogP contribution in [0.1, 0.15) is 45.1 Å². The number of carbonyl (C=O) groups excluding carboxylic acids is 1. The van der Waals surface area contributed by atoms with Gasteiger partial charge in [-0.1, -0.05) is 6.07 Å². The number of nitrogens with zero attached hydrogens (tertiary/aromatic N) is 1. The third kappa shape index (κ3) is 5.63. The van der Waals surface area contributed by atoms with Crippen molar-refractivity contribution < 1.29 is 14.3 Å². The molecular formula is C20H32N2O3. The maximum absolute atomic E-state index is 12.1. The molecular weight excluding hydrogens is 316 g/mol. The largest absolute Gasteiger partial charge is 0.493 e. The highest BCUT2D eigenvalue weighted by Gasteiger charge is 2.29. The highest BCUT2D eigenvalue weighted by atomic mass is 16.5. The summed E-state index contributed by atoms with van der Waals surface area (Å²) < 4.78 is 10.6. The van der Waals surface area contributed by atoms with Crippen LogP contribution < -0.4 is 14.8 Å². The number of amides is 1. The summed E-state index contributed by atoms with van der Waals surface area (Å²) >= 11 is 0. The van der Waals surface area contributed by atoms with Crippen LogP contribution in [0.2, 0.25) is 0 Å². The molecule has 0 aliphatic carbocycles. The van der Waals surface area contributed by atoms with E-state index >= 15 is 0 Å². The van der Waals surface area contributed by atoms with Crippen molar-refractivity contribution in [3.8, 4) is 11.5 Å². The minimum absolute atomic E-state index is 0.0372. The average molecular weight is 348 g/mol. The molecule has 1 N–H and O–H groups in total. The molecule has 0 unspecified atom stereocenters. The highest BCUT2D eigenvalue weighted by Crippen LogP contribution is 2.28. The molecule has 25 heavy (non-hydrogen) atoms. The number of hydrogen-bond acceptors (Lipinski definition) is 4. The lowest BCUT2D eigenvalue weighted by atomic mass is 10.0. The zero-order valence-electron chi connectivity index (χ0n) is 16.1. The molecule has 1 amide bonds. The number of aryl methyl sites for hydroxylation is 1. The Labute approximate surface area is 151 Å². The number of benzene rings is 1. The van der Waals surface area contributed by atoms with Crippen LogP contribution in [0.25, 0.3) is 0 Å². The van der Waals surface area contributed by atoms with Gasteiger partial charge in [0.2, 0.25) is 5.91 Å². The van der Waals surface area contributed by atoms with Crippen LogP contribution in [-0.2, 0) is 11.2 Å². The van der Waals surface area contributed by atoms with Crippen LogP contribution >= 0.6 is 0 Å². The fourth-order valence-electron chi connectivity index (χ4n) is 3.33. The Kier molecular flexibility index (Phi) is 7.12. The molecule has 1 aromatic rings. The molecule has 1 aliphatic heterocycles. The molecule has 0 radical (unpaired) electrons. The molecule has 1 saturated heterocycles. The molecule has 0 saturated carbocycles. The number of ether oxygens (including phenoxy) is 2. The van der Waals surface area contributed by atoms with Crippen molar-refractivity contribution in [2.24, 2.45) is 0 Å². The zero-order valence-corrected chi connectivity index (χ0v) is 16.1. The van der Waals surface area contributed by atoms with Crippen LogP contribution in [0.15, 0.2) is 18.2 Å². The Balaban J connectivity index is 1.73. The molecule has 5 heteroatoms. The van der Waals surface area contributed by atoms with Gasteiger partial charge in [0, 0.05) is 18.5 Å². The van der Waals surface area contributed by atoms with Crippen LogP contribution in [0.5, 0.6) is 11.5 Å². The minimum Gasteiger partial charge on any atom is -0.493 e. The standard InChI is InChI=1S/C20H32N2O3/c1-20(2,22-12-5-6-13-22)15-21-19(23)9-7-8-16-10-11-17(24-3)18(14-16)25-4/h10-11,14H,5-9,12-13,15H2,1-4H3,(H,21,23). The molecule has 0 atom stereocenters. The van der Waals surface area contributed by atoms with Gasteiger partial charge < -0.3 is 14.8 Å². The number of nitrogens with one attached hydrogen (secondary N) is 1. The van der Waals surface area contributed by atoms with E-state index < -0.39 is 0 Å². The van der Waals surface area contributed by atoms with Crippen LogP contribution in [0.3, 0.4) is 0 Å². The summed E-state index contributed by atoms with van der Waals surface area (Å²) in [5.74, 6) is 1.60. The van der Waals surface area contributed by atoms with Crippen molar-refractivity contribution in [3.63, 3.8) is 0 Å². The second-order valence-corrected chi connectivity index (χ2v) is 7.33. The van der Waals surface area contributed by atoms with E-state index in [9.17, 15) is 4.79 Å². The first-order chi connectivity index (χ1) is 12.0. The van der Waals surface area contributed by atoms with Gasteiger partial charge in [0.1, 0.15) is 0 Å². The second kappa shape index (κ2) is 9.09. The average Bonchev–Trinajstić information content (AvgIpc) is 3.15. The number of hydrogen-bond donors (Lipinski definition) is 1. The van der Waals surface area contributed by atoms with Gasteiger partial charge >= 0.3 is 0 Å². The van der Waals surface area contributed by atoms with E-state index in [1.165, 1.54) is 12.8 Å². The monoisotopic (exact) mass is 348 g/mol. The van der Waals surface area contributed by atoms with Gasteiger partial charge in [-0.25, -0.2) is 0 Å². The number of methoxy groups -OCH3 is 2. The van der Waals surface area contributed by atoms with Crippen molar-refractivity contribution in [1.29, 1.82) is 0 Å². The minimum atomic E-state index is 0.0372. The van der Waals surface area contributed by atoms with Gasteiger partial charge in [-0.2, -0.15) is 0 Å². The van der Waals surface area contributed by atoms with E-state index in [-0.39, 0.29) is 11.4 Å². The topological polar surface area (TPSA) is 50.8 Å². The van der Waals surface area contributed by atoms with Crippen LogP contribution in [0, 0.1) is 0 Å². The number of rotatable bonds is 9. The van der Waals surface area contributed by atoms with E-state index in [2.05, 4.69) is 24.1 Å². The van der Waals surface area contributed by atoms with E-state index in [1.807, 2.05) is 18.2 Å². The first kappa shape index (κ1) is 19.6. The summed E-state index contributed by atoms with van der Waals surface area (Å²) in [5.41, 5.74) is 1.19. The van der Waals surface area contributed by atoms with Crippen molar-refractivity contribution in [2.45, 2.75) is 51.5 Å². The summed E-state index contributed by atoms with van der Waals surface area (Å²) in [6.45, 7) is 7.41. The molecule has 1 heterocycles. The summed E-state index contributed by atoms with van der Waals surface area (Å²) in [7, 11) is 3.27. The van der Waals surface area contributed by atoms with Crippen molar-refractivity contribution >= 4 is 5.91 Å². The highest BCUT2D eigenvalue weighted by molar-refractivity contribution is 5.75. The van der Waals surface area contributed by atoms with E-state index in [0.717, 1.165) is 43.0 Å². The predicted octanol–water partition coefficient (Wildman–Crippen LogP) is 3.02. The van der Waals surface area contributed by atoms with Gasteiger partial charge in [0.05, 0.1) is 14.2 Å². The maximum atomic E-state index is 12.1. The fourth-order valence-corrected chi connectivity index (χ4v) is 3.33. The van der Waals surface area contributed by atoms with E-state index in [0.29, 0.717) is 13.0 Å². The summed E-state index contributed by atoms with van der Waals surface area (Å²) in [6, 6.07) is 5.91. The predicted molar refractivity (Wildman–Crippen MR) is 100 cm³/mol. The van der Waals surface area contributed by atoms with Crippen molar-refractivity contribution in [1.82, 2.24) is 10.2 Å². The molecule has 1 aromatic carbocycles. The van der Waals surface area contributed by atoms with Gasteiger partial charge in [0.25, 0.3) is 0 Å². The van der Waals surface area contributed by atoms with Gasteiger partial charge in [-0.3, -0.25) is 9.69 Å². The Hall–Kier alpha value is -1.75. The second-order valence-electron chi connectivity index (χ2n) is 7.33. The summed E-state index contributed by atoms with van der Waals surface area (Å²) in [5, 5.41) is 3.10. The molecule has 140 valence electrons. The molecule has 1 fully saturated rings. The third-order valence-corrected chi connectivity index (χ3v) is 5.00. The smallest absolute Gasteiger partial charge is 0.220 e. The summed E-state index contributed by atoms with van der Waals surface area (Å²) in [4.78, 5) is 14.6. The van der Waals surface area contributed by atoms with Crippen LogP contribution in [0.4, 0.5) is 0 Å². The zero-order chi connectivity index (χ0) is 18.3. The number of carbonyl (C=O) groups is 1. The Morgan fingerprint density at radius 3 is 2.48 bits per heavy atom. The quantitative estimate of drug-likeness (QED) is 0.745. The first-order valence-electron chi connectivity index (χ1n) is 9.19. The molecule has 2 rings (SSSR count). The SMILES string of the molecule is COc1ccc(CCCC(=O)NCC(C)(C)N2CCCC2)cc1OC. The van der Waals surface area contributed by atoms with Crippen LogP contribution in [-0.4, -0.2) is 50.2 Å². The molecule has 1 aliphatic rings. The molecule has 5 nitrogen and oxygen atoms in total. The third-order valence-electron chi connectivity index (χ3n) is 5.00. The number of likely N-dealkylation sites (tertiary alicyclic amines) is 1. The fraction of sp³-hybridized carbons (Fsp3) is 0.650. The lowest BCUT2D eigenvalue weighted by molar-refractivity contribution is -0.121. The lowest BCUT2D eigenvalue weighted by Crippen LogP contribution is -2.50. The van der Waals surface area contributed by atoms with Gasteiger partial charge in [0.15, 0.2) is 11.5 Å².